The summed E-state index contributed by atoms with van der Waals surface area (Å²) in [5.74, 6) is 0.813. The van der Waals surface area contributed by atoms with Crippen LogP contribution in [0.15, 0.2) is 66.9 Å². The second-order valence-electron chi connectivity index (χ2n) is 6.95. The molecule has 0 bridgehead atoms. The number of hydrogen-bond donors (Lipinski definition) is 0. The number of aryl methyl sites for hydroxylation is 1. The Morgan fingerprint density at radius 2 is 1.75 bits per heavy atom. The molecule has 3 aromatic rings. The van der Waals surface area contributed by atoms with Crippen molar-refractivity contribution in [1.82, 2.24) is 14.7 Å². The van der Waals surface area contributed by atoms with Gasteiger partial charge in [0.05, 0.1) is 12.8 Å². The molecule has 2 aromatic carbocycles. The van der Waals surface area contributed by atoms with E-state index in [1.54, 1.807) is 13.3 Å². The number of aromatic nitrogens is 2. The predicted octanol–water partition coefficient (Wildman–Crippen LogP) is 4.06. The highest BCUT2D eigenvalue weighted by Crippen LogP contribution is 2.33. The van der Waals surface area contributed by atoms with Gasteiger partial charge in [-0.25, -0.2) is 0 Å². The Bertz CT molecular complexity index is 863. The van der Waals surface area contributed by atoms with E-state index < -0.39 is 0 Å². The van der Waals surface area contributed by atoms with E-state index in [4.69, 9.17) is 9.47 Å². The number of rotatable bonds is 9. The minimum Gasteiger partial charge on any atom is -0.496 e. The minimum atomic E-state index is -0.266. The van der Waals surface area contributed by atoms with Crippen LogP contribution < -0.4 is 4.74 Å². The van der Waals surface area contributed by atoms with E-state index in [2.05, 4.69) is 48.2 Å². The lowest BCUT2D eigenvalue weighted by Crippen LogP contribution is -2.34. The highest BCUT2D eigenvalue weighted by molar-refractivity contribution is 5.39. The zero-order valence-electron chi connectivity index (χ0n) is 17.1. The van der Waals surface area contributed by atoms with Crippen molar-refractivity contribution in [2.75, 3.05) is 20.7 Å². The fourth-order valence-electron chi connectivity index (χ4n) is 3.26. The molecule has 0 amide bonds. The number of benzene rings is 2. The van der Waals surface area contributed by atoms with Gasteiger partial charge >= 0.3 is 0 Å². The van der Waals surface area contributed by atoms with Gasteiger partial charge < -0.3 is 9.47 Å². The third kappa shape index (κ3) is 4.80. The molecule has 3 rings (SSSR count). The van der Waals surface area contributed by atoms with Gasteiger partial charge in [-0.3, -0.25) is 9.58 Å². The second-order valence-corrected chi connectivity index (χ2v) is 6.95. The number of likely N-dealkylation sites (N-methyl/N-ethyl adjacent to an activating group) is 1. The molecular formula is C23H29N3O2. The van der Waals surface area contributed by atoms with Gasteiger partial charge in [0.1, 0.15) is 18.1 Å². The van der Waals surface area contributed by atoms with E-state index in [1.807, 2.05) is 48.1 Å². The molecule has 28 heavy (non-hydrogen) atoms. The van der Waals surface area contributed by atoms with E-state index in [1.165, 1.54) is 5.56 Å². The van der Waals surface area contributed by atoms with E-state index in [-0.39, 0.29) is 12.3 Å². The van der Waals surface area contributed by atoms with Gasteiger partial charge in [-0.1, -0.05) is 48.5 Å². The molecule has 0 saturated carbocycles. The van der Waals surface area contributed by atoms with Crippen molar-refractivity contribution in [3.8, 4) is 5.75 Å². The summed E-state index contributed by atoms with van der Waals surface area (Å²) in [5.41, 5.74) is 3.32. The van der Waals surface area contributed by atoms with Crippen molar-refractivity contribution in [2.24, 2.45) is 7.05 Å². The lowest BCUT2D eigenvalue weighted by atomic mass is 10.0. The Hall–Kier alpha value is -2.63. The molecule has 0 radical (unpaired) electrons. The molecule has 0 aliphatic rings. The second kappa shape index (κ2) is 9.53. The number of ether oxygens (including phenoxy) is 2. The number of methoxy groups -OCH3 is 1. The first-order valence-electron chi connectivity index (χ1n) is 9.60. The standard InChI is InChI=1S/C23H29N3O2/c1-18(25(2)17-15-19-10-6-5-7-11-19)28-23(21-14-16-24-26(21)3)20-12-8-9-13-22(20)27-4/h5-14,16,18,23H,15,17H2,1-4H3. The summed E-state index contributed by atoms with van der Waals surface area (Å²) in [5, 5.41) is 4.33. The molecule has 0 saturated heterocycles. The first kappa shape index (κ1) is 20.1. The molecule has 0 N–H and O–H groups in total. The van der Waals surface area contributed by atoms with Crippen LogP contribution in [0.2, 0.25) is 0 Å². The summed E-state index contributed by atoms with van der Waals surface area (Å²) in [7, 11) is 5.72. The van der Waals surface area contributed by atoms with Crippen molar-refractivity contribution < 1.29 is 9.47 Å². The smallest absolute Gasteiger partial charge is 0.130 e. The van der Waals surface area contributed by atoms with Crippen LogP contribution in [0.1, 0.15) is 29.8 Å². The molecule has 0 aliphatic carbocycles. The summed E-state index contributed by atoms with van der Waals surface area (Å²) >= 11 is 0. The quantitative estimate of drug-likeness (QED) is 0.526. The van der Waals surface area contributed by atoms with Gasteiger partial charge in [-0.2, -0.15) is 5.10 Å². The largest absolute Gasteiger partial charge is 0.496 e. The average Bonchev–Trinajstić information content (AvgIpc) is 3.16. The maximum Gasteiger partial charge on any atom is 0.130 e. The van der Waals surface area contributed by atoms with Crippen molar-refractivity contribution in [1.29, 1.82) is 0 Å². The topological polar surface area (TPSA) is 39.5 Å². The van der Waals surface area contributed by atoms with Gasteiger partial charge in [-0.05, 0) is 38.1 Å². The Morgan fingerprint density at radius 1 is 1.04 bits per heavy atom. The van der Waals surface area contributed by atoms with Gasteiger partial charge in [0.15, 0.2) is 0 Å². The normalized spacial score (nSPS) is 13.5. The monoisotopic (exact) mass is 379 g/mol. The van der Waals surface area contributed by atoms with E-state index in [9.17, 15) is 0 Å². The highest BCUT2D eigenvalue weighted by atomic mass is 16.5. The van der Waals surface area contributed by atoms with Gasteiger partial charge in [-0.15, -0.1) is 0 Å². The van der Waals surface area contributed by atoms with E-state index in [0.29, 0.717) is 0 Å². The third-order valence-electron chi connectivity index (χ3n) is 5.10. The number of para-hydroxylation sites is 1. The molecular weight excluding hydrogens is 350 g/mol. The molecule has 0 aliphatic heterocycles. The molecule has 2 unspecified atom stereocenters. The van der Waals surface area contributed by atoms with Crippen LogP contribution in [0.25, 0.3) is 0 Å². The number of hydrogen-bond acceptors (Lipinski definition) is 4. The lowest BCUT2D eigenvalue weighted by molar-refractivity contribution is -0.0690. The van der Waals surface area contributed by atoms with Crippen LogP contribution in [0, 0.1) is 0 Å². The third-order valence-corrected chi connectivity index (χ3v) is 5.10. The van der Waals surface area contributed by atoms with Crippen molar-refractivity contribution in [3.63, 3.8) is 0 Å². The maximum atomic E-state index is 6.54. The van der Waals surface area contributed by atoms with Crippen LogP contribution in [0.4, 0.5) is 0 Å². The Kier molecular flexibility index (Phi) is 6.85. The zero-order chi connectivity index (χ0) is 19.9. The van der Waals surface area contributed by atoms with Crippen LogP contribution in [-0.4, -0.2) is 41.6 Å². The van der Waals surface area contributed by atoms with Crippen LogP contribution in [0.5, 0.6) is 5.75 Å². The summed E-state index contributed by atoms with van der Waals surface area (Å²) < 4.78 is 14.0. The Balaban J connectivity index is 1.76. The Morgan fingerprint density at radius 3 is 2.43 bits per heavy atom. The fraction of sp³-hybridized carbons (Fsp3) is 0.348. The van der Waals surface area contributed by atoms with Gasteiger partial charge in [0.25, 0.3) is 0 Å². The van der Waals surface area contributed by atoms with Crippen molar-refractivity contribution >= 4 is 0 Å². The molecule has 5 heteroatoms. The Labute approximate surface area is 167 Å². The summed E-state index contributed by atoms with van der Waals surface area (Å²) in [6.07, 6.45) is 2.44. The molecule has 0 fully saturated rings. The zero-order valence-corrected chi connectivity index (χ0v) is 17.1. The number of nitrogens with zero attached hydrogens (tertiary/aromatic N) is 3. The molecule has 0 spiro atoms. The lowest BCUT2D eigenvalue weighted by Gasteiger charge is -2.30. The predicted molar refractivity (Wildman–Crippen MR) is 111 cm³/mol. The average molecular weight is 380 g/mol. The molecule has 2 atom stereocenters. The maximum absolute atomic E-state index is 6.54. The van der Waals surface area contributed by atoms with E-state index in [0.717, 1.165) is 30.0 Å². The fourth-order valence-corrected chi connectivity index (χ4v) is 3.26. The van der Waals surface area contributed by atoms with Crippen LogP contribution in [-0.2, 0) is 18.2 Å². The summed E-state index contributed by atoms with van der Waals surface area (Å²) in [6.45, 7) is 3.00. The summed E-state index contributed by atoms with van der Waals surface area (Å²) in [6, 6.07) is 20.5. The van der Waals surface area contributed by atoms with Gasteiger partial charge in [0.2, 0.25) is 0 Å². The van der Waals surface area contributed by atoms with E-state index >= 15 is 0 Å². The molecule has 5 nitrogen and oxygen atoms in total. The van der Waals surface area contributed by atoms with Crippen LogP contribution in [0.3, 0.4) is 0 Å². The first-order chi connectivity index (χ1) is 13.6. The van der Waals surface area contributed by atoms with Gasteiger partial charge in [0, 0.05) is 25.4 Å². The minimum absolute atomic E-state index is 0.0754. The first-order valence-corrected chi connectivity index (χ1v) is 9.60. The highest BCUT2D eigenvalue weighted by Gasteiger charge is 2.25. The summed E-state index contributed by atoms with van der Waals surface area (Å²) in [4.78, 5) is 2.23. The molecule has 1 heterocycles. The van der Waals surface area contributed by atoms with Crippen molar-refractivity contribution in [2.45, 2.75) is 25.7 Å². The molecule has 1 aromatic heterocycles. The molecule has 148 valence electrons. The SMILES string of the molecule is COc1ccccc1C(OC(C)N(C)CCc1ccccc1)c1ccnn1C. The van der Waals surface area contributed by atoms with Crippen LogP contribution >= 0.6 is 0 Å². The van der Waals surface area contributed by atoms with Crippen molar-refractivity contribution in [3.05, 3.63) is 83.7 Å².